The van der Waals surface area contributed by atoms with E-state index in [0.29, 0.717) is 11.3 Å². The van der Waals surface area contributed by atoms with Gasteiger partial charge in [-0.3, -0.25) is 4.79 Å². The number of halogens is 3. The Bertz CT molecular complexity index is 1090. The third-order valence-electron chi connectivity index (χ3n) is 4.18. The van der Waals surface area contributed by atoms with E-state index in [-0.39, 0.29) is 23.5 Å². The third kappa shape index (κ3) is 5.49. The molecule has 0 atom stereocenters. The molecule has 0 saturated carbocycles. The van der Waals surface area contributed by atoms with Gasteiger partial charge >= 0.3 is 6.18 Å². The zero-order chi connectivity index (χ0) is 21.8. The summed E-state index contributed by atoms with van der Waals surface area (Å²) in [4.78, 5) is 12.2. The number of alkyl halides is 3. The molecule has 10 heteroatoms. The lowest BCUT2D eigenvalue weighted by molar-refractivity contribution is -0.137. The van der Waals surface area contributed by atoms with E-state index in [1.807, 2.05) is 0 Å². The van der Waals surface area contributed by atoms with E-state index >= 15 is 0 Å². The highest BCUT2D eigenvalue weighted by atomic mass is 32.2. The van der Waals surface area contributed by atoms with Crippen molar-refractivity contribution in [3.63, 3.8) is 0 Å². The van der Waals surface area contributed by atoms with Crippen LogP contribution in [0.25, 0.3) is 0 Å². The molecule has 3 aromatic rings. The molecule has 3 rings (SSSR count). The van der Waals surface area contributed by atoms with Gasteiger partial charge in [-0.15, -0.1) is 0 Å². The van der Waals surface area contributed by atoms with Crippen molar-refractivity contribution in [1.82, 2.24) is 10.0 Å². The van der Waals surface area contributed by atoms with Gasteiger partial charge in [0.2, 0.25) is 10.0 Å². The van der Waals surface area contributed by atoms with Crippen LogP contribution in [0.4, 0.5) is 13.2 Å². The molecule has 0 bridgehead atoms. The van der Waals surface area contributed by atoms with Crippen LogP contribution in [0.5, 0.6) is 0 Å². The largest absolute Gasteiger partial charge is 0.468 e. The number of hydrogen-bond donors (Lipinski definition) is 2. The summed E-state index contributed by atoms with van der Waals surface area (Å²) in [5.74, 6) is -0.0276. The number of hydrogen-bond acceptors (Lipinski definition) is 4. The minimum absolute atomic E-state index is 0.00923. The van der Waals surface area contributed by atoms with Crippen molar-refractivity contribution in [2.75, 3.05) is 0 Å². The Balaban J connectivity index is 1.58. The maximum absolute atomic E-state index is 12.6. The normalized spacial score (nSPS) is 12.0. The smallest absolute Gasteiger partial charge is 0.416 e. The van der Waals surface area contributed by atoms with Crippen LogP contribution >= 0.6 is 0 Å². The highest BCUT2D eigenvalue weighted by Gasteiger charge is 2.29. The van der Waals surface area contributed by atoms with E-state index in [9.17, 15) is 26.4 Å². The Labute approximate surface area is 170 Å². The zero-order valence-electron chi connectivity index (χ0n) is 15.4. The lowest BCUT2D eigenvalue weighted by Crippen LogP contribution is -2.24. The van der Waals surface area contributed by atoms with Gasteiger partial charge < -0.3 is 9.73 Å². The number of furan rings is 1. The number of rotatable bonds is 7. The molecule has 0 aliphatic carbocycles. The predicted octanol–water partition coefficient (Wildman–Crippen LogP) is 3.71. The Morgan fingerprint density at radius 1 is 0.933 bits per heavy atom. The minimum atomic E-state index is -4.42. The second kappa shape index (κ2) is 8.72. The fraction of sp³-hybridized carbons (Fsp3) is 0.150. The summed E-state index contributed by atoms with van der Waals surface area (Å²) in [5.41, 5.74) is -0.0559. The van der Waals surface area contributed by atoms with E-state index in [1.54, 1.807) is 12.1 Å². The van der Waals surface area contributed by atoms with E-state index in [2.05, 4.69) is 10.0 Å². The summed E-state index contributed by atoms with van der Waals surface area (Å²) in [5, 5.41) is 2.58. The van der Waals surface area contributed by atoms with E-state index in [1.165, 1.54) is 42.7 Å². The van der Waals surface area contributed by atoms with Gasteiger partial charge in [0.05, 0.1) is 23.3 Å². The van der Waals surface area contributed by atoms with Crippen molar-refractivity contribution in [3.8, 4) is 0 Å². The van der Waals surface area contributed by atoms with Crippen molar-refractivity contribution in [2.24, 2.45) is 0 Å². The first-order valence-corrected chi connectivity index (χ1v) is 10.2. The van der Waals surface area contributed by atoms with Crippen molar-refractivity contribution >= 4 is 15.9 Å². The van der Waals surface area contributed by atoms with E-state index in [0.717, 1.165) is 12.1 Å². The molecule has 2 aromatic carbocycles. The molecule has 158 valence electrons. The predicted molar refractivity (Wildman–Crippen MR) is 102 cm³/mol. The first-order chi connectivity index (χ1) is 14.1. The third-order valence-corrected chi connectivity index (χ3v) is 5.59. The summed E-state index contributed by atoms with van der Waals surface area (Å²) in [6.07, 6.45) is -2.99. The van der Waals surface area contributed by atoms with Crippen LogP contribution in [-0.2, 0) is 29.3 Å². The van der Waals surface area contributed by atoms with Gasteiger partial charge in [-0.05, 0) is 54.1 Å². The molecule has 30 heavy (non-hydrogen) atoms. The highest BCUT2D eigenvalue weighted by molar-refractivity contribution is 7.89. The Morgan fingerprint density at radius 3 is 2.17 bits per heavy atom. The molecule has 6 nitrogen and oxygen atoms in total. The summed E-state index contributed by atoms with van der Waals surface area (Å²) >= 11 is 0. The summed E-state index contributed by atoms with van der Waals surface area (Å²) in [6.45, 7) is 0.0203. The lowest BCUT2D eigenvalue weighted by atomic mass is 10.1. The molecule has 0 fully saturated rings. The van der Waals surface area contributed by atoms with Crippen molar-refractivity contribution < 1.29 is 30.8 Å². The topological polar surface area (TPSA) is 88.4 Å². The molecule has 0 spiro atoms. The van der Waals surface area contributed by atoms with Crippen LogP contribution in [0.1, 0.15) is 27.2 Å². The second-order valence-electron chi connectivity index (χ2n) is 6.31. The van der Waals surface area contributed by atoms with Crippen LogP contribution in [0.3, 0.4) is 0 Å². The van der Waals surface area contributed by atoms with Crippen LogP contribution in [-0.4, -0.2) is 14.3 Å². The molecule has 0 unspecified atom stereocenters. The van der Waals surface area contributed by atoms with Crippen LogP contribution < -0.4 is 10.0 Å². The van der Waals surface area contributed by atoms with Crippen molar-refractivity contribution in [2.45, 2.75) is 24.2 Å². The number of sulfonamides is 1. The van der Waals surface area contributed by atoms with Gasteiger partial charge in [-0.2, -0.15) is 13.2 Å². The molecule has 0 aliphatic rings. The van der Waals surface area contributed by atoms with Gasteiger partial charge in [-0.25, -0.2) is 13.1 Å². The number of benzene rings is 2. The standard InChI is InChI=1S/C20H17F3N2O4S/c21-20(22,23)16-7-3-14(4-8-16)12-24-19(26)15-5-9-18(10-6-15)30(27,28)25-13-17-2-1-11-29-17/h1-11,25H,12-13H2,(H,24,26). The van der Waals surface area contributed by atoms with E-state index < -0.39 is 27.7 Å². The average molecular weight is 438 g/mol. The Morgan fingerprint density at radius 2 is 1.60 bits per heavy atom. The first-order valence-electron chi connectivity index (χ1n) is 8.71. The second-order valence-corrected chi connectivity index (χ2v) is 8.07. The molecule has 0 radical (unpaired) electrons. The average Bonchev–Trinajstić information content (AvgIpc) is 3.24. The molecule has 1 amide bonds. The number of carbonyl (C=O) groups is 1. The molecular weight excluding hydrogens is 421 g/mol. The van der Waals surface area contributed by atoms with Crippen LogP contribution in [0.2, 0.25) is 0 Å². The van der Waals surface area contributed by atoms with Gasteiger partial charge in [0.1, 0.15) is 5.76 Å². The summed E-state index contributed by atoms with van der Waals surface area (Å²) < 4.78 is 69.7. The molecular formula is C20H17F3N2O4S. The minimum Gasteiger partial charge on any atom is -0.468 e. The highest BCUT2D eigenvalue weighted by Crippen LogP contribution is 2.29. The van der Waals surface area contributed by atoms with Crippen molar-refractivity contribution in [3.05, 3.63) is 89.4 Å². The Hall–Kier alpha value is -3.11. The molecule has 0 aliphatic heterocycles. The van der Waals surface area contributed by atoms with Gasteiger partial charge in [0.15, 0.2) is 0 Å². The number of carbonyl (C=O) groups excluding carboxylic acids is 1. The summed E-state index contributed by atoms with van der Waals surface area (Å²) in [6, 6.07) is 13.0. The number of amides is 1. The fourth-order valence-electron chi connectivity index (χ4n) is 2.54. The van der Waals surface area contributed by atoms with Gasteiger partial charge in [0.25, 0.3) is 5.91 Å². The fourth-order valence-corrected chi connectivity index (χ4v) is 3.54. The van der Waals surface area contributed by atoms with Gasteiger partial charge in [0, 0.05) is 12.1 Å². The van der Waals surface area contributed by atoms with Gasteiger partial charge in [-0.1, -0.05) is 12.1 Å². The maximum Gasteiger partial charge on any atom is 0.416 e. The zero-order valence-corrected chi connectivity index (χ0v) is 16.3. The summed E-state index contributed by atoms with van der Waals surface area (Å²) in [7, 11) is -3.78. The maximum atomic E-state index is 12.6. The van der Waals surface area contributed by atoms with Crippen LogP contribution in [0.15, 0.2) is 76.2 Å². The molecule has 0 saturated heterocycles. The van der Waals surface area contributed by atoms with Crippen LogP contribution in [0, 0.1) is 0 Å². The molecule has 1 heterocycles. The quantitative estimate of drug-likeness (QED) is 0.589. The first kappa shape index (κ1) is 21.6. The van der Waals surface area contributed by atoms with Crippen molar-refractivity contribution in [1.29, 1.82) is 0 Å². The monoisotopic (exact) mass is 438 g/mol. The van der Waals surface area contributed by atoms with E-state index in [4.69, 9.17) is 4.42 Å². The number of nitrogens with one attached hydrogen (secondary N) is 2. The lowest BCUT2D eigenvalue weighted by Gasteiger charge is -2.09. The molecule has 1 aromatic heterocycles. The molecule has 2 N–H and O–H groups in total. The Kier molecular flexibility index (Phi) is 6.28. The SMILES string of the molecule is O=C(NCc1ccc(C(F)(F)F)cc1)c1ccc(S(=O)(=O)NCc2ccco2)cc1.